The first-order valence-corrected chi connectivity index (χ1v) is 10.3. The van der Waals surface area contributed by atoms with Crippen molar-refractivity contribution in [3.8, 4) is 0 Å². The highest BCUT2D eigenvalue weighted by Crippen LogP contribution is 2.34. The lowest BCUT2D eigenvalue weighted by Crippen LogP contribution is -2.52. The highest BCUT2D eigenvalue weighted by Gasteiger charge is 2.45. The maximum absolute atomic E-state index is 12.8. The maximum Gasteiger partial charge on any atom is 0.321 e. The average molecular weight is 406 g/mol. The predicted molar refractivity (Wildman–Crippen MR) is 117 cm³/mol. The molecule has 1 unspecified atom stereocenters. The van der Waals surface area contributed by atoms with E-state index < -0.39 is 5.60 Å². The molecule has 2 heterocycles. The van der Waals surface area contributed by atoms with E-state index in [1.54, 1.807) is 4.90 Å². The normalized spacial score (nSPS) is 20.4. The van der Waals surface area contributed by atoms with Crippen molar-refractivity contribution in [1.82, 2.24) is 4.90 Å². The zero-order chi connectivity index (χ0) is 21.0. The van der Waals surface area contributed by atoms with Gasteiger partial charge in [0.2, 0.25) is 0 Å². The summed E-state index contributed by atoms with van der Waals surface area (Å²) in [5.74, 6) is -0.268. The summed E-state index contributed by atoms with van der Waals surface area (Å²) >= 11 is 0. The van der Waals surface area contributed by atoms with Gasteiger partial charge in [-0.2, -0.15) is 0 Å². The molecule has 2 aromatic carbocycles. The Morgan fingerprint density at radius 1 is 1.10 bits per heavy atom. The molecule has 0 radical (unpaired) electrons. The number of nitrogens with one attached hydrogen (secondary N) is 2. The second-order valence-electron chi connectivity index (χ2n) is 7.82. The Hall–Kier alpha value is -3.35. The molecule has 30 heavy (non-hydrogen) atoms. The van der Waals surface area contributed by atoms with Gasteiger partial charge < -0.3 is 20.4 Å². The fourth-order valence-corrected chi connectivity index (χ4v) is 3.93. The van der Waals surface area contributed by atoms with Crippen LogP contribution in [0.25, 0.3) is 0 Å². The molecule has 156 valence electrons. The van der Waals surface area contributed by atoms with Crippen LogP contribution < -0.4 is 10.6 Å². The summed E-state index contributed by atoms with van der Waals surface area (Å²) in [6.07, 6.45) is 2.86. The van der Waals surface area contributed by atoms with Gasteiger partial charge in [-0.3, -0.25) is 4.79 Å². The Morgan fingerprint density at radius 3 is 2.70 bits per heavy atom. The molecule has 4 rings (SSSR count). The van der Waals surface area contributed by atoms with Gasteiger partial charge in [0.05, 0.1) is 6.54 Å². The van der Waals surface area contributed by atoms with Crippen LogP contribution in [0.2, 0.25) is 0 Å². The van der Waals surface area contributed by atoms with Crippen molar-refractivity contribution in [3.63, 3.8) is 0 Å². The number of amides is 3. The van der Waals surface area contributed by atoms with Crippen molar-refractivity contribution >= 4 is 29.0 Å². The number of anilines is 2. The highest BCUT2D eigenvalue weighted by molar-refractivity contribution is 6.43. The number of nitrogens with zero attached hydrogens (tertiary/aromatic N) is 2. The van der Waals surface area contributed by atoms with Crippen molar-refractivity contribution in [1.29, 1.82) is 0 Å². The number of piperidine rings is 1. The summed E-state index contributed by atoms with van der Waals surface area (Å²) in [6.45, 7) is 3.13. The van der Waals surface area contributed by atoms with Gasteiger partial charge in [0.25, 0.3) is 5.91 Å². The highest BCUT2D eigenvalue weighted by atomic mass is 16.7. The molecule has 1 saturated heterocycles. The summed E-state index contributed by atoms with van der Waals surface area (Å²) in [5.41, 5.74) is 2.39. The topological polar surface area (TPSA) is 83.0 Å². The summed E-state index contributed by atoms with van der Waals surface area (Å²) in [5, 5.41) is 9.87. The Morgan fingerprint density at radius 2 is 1.90 bits per heavy atom. The van der Waals surface area contributed by atoms with Gasteiger partial charge in [-0.15, -0.1) is 0 Å². The second-order valence-corrected chi connectivity index (χ2v) is 7.82. The molecule has 3 amide bonds. The molecule has 7 heteroatoms. The van der Waals surface area contributed by atoms with E-state index >= 15 is 0 Å². The lowest BCUT2D eigenvalue weighted by molar-refractivity contribution is -0.110. The van der Waals surface area contributed by atoms with Gasteiger partial charge in [-0.1, -0.05) is 42.4 Å². The number of rotatable bonds is 4. The van der Waals surface area contributed by atoms with E-state index in [-0.39, 0.29) is 11.9 Å². The Labute approximate surface area is 176 Å². The first-order valence-electron chi connectivity index (χ1n) is 10.3. The molecule has 2 aromatic rings. The van der Waals surface area contributed by atoms with E-state index in [1.807, 2.05) is 54.6 Å². The fraction of sp³-hybridized carbons (Fsp3) is 0.348. The third-order valence-corrected chi connectivity index (χ3v) is 5.55. The van der Waals surface area contributed by atoms with Crippen LogP contribution >= 0.6 is 0 Å². The van der Waals surface area contributed by atoms with Gasteiger partial charge >= 0.3 is 6.03 Å². The minimum Gasteiger partial charge on any atom is -0.386 e. The second kappa shape index (κ2) is 8.57. The summed E-state index contributed by atoms with van der Waals surface area (Å²) in [7, 11) is 0. The number of carbonyl (C=O) groups is 2. The standard InChI is InChI=1S/C23H26N4O3/c1-2-17-8-6-11-19(14-17)25-22(29)27-13-7-12-23(16-27)15-20(26-30-23)21(28)24-18-9-4-3-5-10-18/h3-6,8-11,14H,2,7,12-13,15-16H2,1H3,(H,24,28)(H,25,29). The van der Waals surface area contributed by atoms with E-state index in [1.165, 1.54) is 5.56 Å². The number of oxime groups is 1. The number of aryl methyl sites for hydroxylation is 1. The van der Waals surface area contributed by atoms with Crippen molar-refractivity contribution in [2.45, 2.75) is 38.2 Å². The van der Waals surface area contributed by atoms with Crippen LogP contribution in [0.15, 0.2) is 59.8 Å². The lowest BCUT2D eigenvalue weighted by atomic mass is 9.88. The number of hydrogen-bond donors (Lipinski definition) is 2. The van der Waals surface area contributed by atoms with Gasteiger partial charge in [-0.05, 0) is 49.1 Å². The first kappa shape index (κ1) is 19.9. The van der Waals surface area contributed by atoms with E-state index in [0.29, 0.717) is 30.9 Å². The molecule has 0 saturated carbocycles. The quantitative estimate of drug-likeness (QED) is 0.804. The molecule has 0 aliphatic carbocycles. The van der Waals surface area contributed by atoms with Gasteiger partial charge in [0, 0.05) is 24.3 Å². The van der Waals surface area contributed by atoms with E-state index in [0.717, 1.165) is 24.9 Å². The number of benzene rings is 2. The van der Waals surface area contributed by atoms with Crippen molar-refractivity contribution < 1.29 is 14.4 Å². The Balaban J connectivity index is 1.36. The Kier molecular flexibility index (Phi) is 5.70. The SMILES string of the molecule is CCc1cccc(NC(=O)N2CCCC3(CC(C(=O)Nc4ccccc4)=NO3)C2)c1. The molecule has 1 atom stereocenters. The number of hydrogen-bond acceptors (Lipinski definition) is 4. The van der Waals surface area contributed by atoms with Gasteiger partial charge in [0.1, 0.15) is 5.71 Å². The predicted octanol–water partition coefficient (Wildman–Crippen LogP) is 4.03. The fourth-order valence-electron chi connectivity index (χ4n) is 3.93. The van der Waals surface area contributed by atoms with Crippen molar-refractivity contribution in [3.05, 3.63) is 60.2 Å². The number of carbonyl (C=O) groups excluding carboxylic acids is 2. The third-order valence-electron chi connectivity index (χ3n) is 5.55. The molecule has 2 N–H and O–H groups in total. The number of likely N-dealkylation sites (tertiary alicyclic amines) is 1. The molecule has 2 aliphatic heterocycles. The maximum atomic E-state index is 12.8. The minimum absolute atomic E-state index is 0.159. The van der Waals surface area contributed by atoms with Crippen molar-refractivity contribution in [2.24, 2.45) is 5.16 Å². The van der Waals surface area contributed by atoms with Gasteiger partial charge in [-0.25, -0.2) is 4.79 Å². The average Bonchev–Trinajstić information content (AvgIpc) is 3.18. The molecule has 7 nitrogen and oxygen atoms in total. The van der Waals surface area contributed by atoms with E-state index in [2.05, 4.69) is 22.7 Å². The zero-order valence-corrected chi connectivity index (χ0v) is 17.1. The molecular formula is C23H26N4O3. The van der Waals surface area contributed by atoms with Gasteiger partial charge in [0.15, 0.2) is 5.60 Å². The summed E-state index contributed by atoms with van der Waals surface area (Å²) in [6, 6.07) is 16.9. The molecule has 1 fully saturated rings. The summed E-state index contributed by atoms with van der Waals surface area (Å²) < 4.78 is 0. The molecule has 1 spiro atoms. The van der Waals surface area contributed by atoms with Crippen molar-refractivity contribution in [2.75, 3.05) is 23.7 Å². The molecule has 0 aromatic heterocycles. The lowest BCUT2D eigenvalue weighted by Gasteiger charge is -2.38. The van der Waals surface area contributed by atoms with Crippen LogP contribution in [0.5, 0.6) is 0 Å². The zero-order valence-electron chi connectivity index (χ0n) is 17.1. The van der Waals surface area contributed by atoms with E-state index in [4.69, 9.17) is 4.84 Å². The van der Waals surface area contributed by atoms with Crippen LogP contribution in [0.4, 0.5) is 16.2 Å². The summed E-state index contributed by atoms with van der Waals surface area (Å²) in [4.78, 5) is 32.8. The monoisotopic (exact) mass is 406 g/mol. The third kappa shape index (κ3) is 4.45. The molecule has 2 aliphatic rings. The number of urea groups is 1. The smallest absolute Gasteiger partial charge is 0.321 e. The van der Waals surface area contributed by atoms with Crippen LogP contribution in [0.1, 0.15) is 31.7 Å². The minimum atomic E-state index is -0.635. The van der Waals surface area contributed by atoms with Crippen LogP contribution in [0, 0.1) is 0 Å². The Bertz CT molecular complexity index is 960. The largest absolute Gasteiger partial charge is 0.386 e. The van der Waals surface area contributed by atoms with Crippen LogP contribution in [-0.4, -0.2) is 41.2 Å². The first-order chi connectivity index (χ1) is 14.6. The van der Waals surface area contributed by atoms with Crippen LogP contribution in [0.3, 0.4) is 0 Å². The molecule has 0 bridgehead atoms. The van der Waals surface area contributed by atoms with Crippen LogP contribution in [-0.2, 0) is 16.1 Å². The molecular weight excluding hydrogens is 380 g/mol. The van der Waals surface area contributed by atoms with E-state index in [9.17, 15) is 9.59 Å². The number of para-hydroxylation sites is 1.